The van der Waals surface area contributed by atoms with Gasteiger partial charge < -0.3 is 5.32 Å². The van der Waals surface area contributed by atoms with Gasteiger partial charge >= 0.3 is 0 Å². The Hall–Kier alpha value is -3.80. The van der Waals surface area contributed by atoms with E-state index in [0.29, 0.717) is 11.5 Å². The number of allylic oxidation sites excluding steroid dienone is 1. The van der Waals surface area contributed by atoms with E-state index in [9.17, 15) is 0 Å². The van der Waals surface area contributed by atoms with E-state index in [0.717, 1.165) is 55.2 Å². The Morgan fingerprint density at radius 3 is 2.25 bits per heavy atom. The summed E-state index contributed by atoms with van der Waals surface area (Å²) in [7, 11) is 0. The van der Waals surface area contributed by atoms with Gasteiger partial charge in [0, 0.05) is 45.6 Å². The molecule has 0 amide bonds. The van der Waals surface area contributed by atoms with Crippen molar-refractivity contribution in [3.05, 3.63) is 72.1 Å². The van der Waals surface area contributed by atoms with Gasteiger partial charge in [-0.05, 0) is 54.5 Å². The second-order valence-electron chi connectivity index (χ2n) is 10.1. The van der Waals surface area contributed by atoms with Crippen molar-refractivity contribution in [1.29, 1.82) is 0 Å². The van der Waals surface area contributed by atoms with Gasteiger partial charge in [0.2, 0.25) is 0 Å². The largest absolute Gasteiger partial charge is 0.382 e. The second-order valence-corrected chi connectivity index (χ2v) is 10.1. The maximum Gasteiger partial charge on any atom is 0.133 e. The third-order valence-electron chi connectivity index (χ3n) is 7.05. The fourth-order valence-corrected chi connectivity index (χ4v) is 4.55. The number of nitrogens with zero attached hydrogens (tertiary/aromatic N) is 3. The van der Waals surface area contributed by atoms with E-state index in [4.69, 9.17) is 9.97 Å². The Balaban J connectivity index is 1.63. The Labute approximate surface area is 210 Å². The van der Waals surface area contributed by atoms with Crippen molar-refractivity contribution in [3.63, 3.8) is 0 Å². The molecule has 0 fully saturated rings. The number of imidazole rings is 1. The lowest BCUT2D eigenvalue weighted by Crippen LogP contribution is -2.29. The van der Waals surface area contributed by atoms with Gasteiger partial charge in [0.05, 0.1) is 11.7 Å². The third-order valence-corrected chi connectivity index (χ3v) is 7.05. The summed E-state index contributed by atoms with van der Waals surface area (Å²) in [5.74, 6) is 1.25. The zero-order valence-electron chi connectivity index (χ0n) is 21.6. The number of benzene rings is 3. The average molecular weight is 482 g/mol. The van der Waals surface area contributed by atoms with Crippen molar-refractivity contribution in [2.24, 2.45) is 5.92 Å². The van der Waals surface area contributed by atoms with E-state index in [-0.39, 0.29) is 17.8 Å². The monoisotopic (exact) mass is 481 g/mol. The number of hydrogen-bond acceptors (Lipinski definition) is 4. The van der Waals surface area contributed by atoms with Crippen molar-refractivity contribution < 1.29 is 4.39 Å². The van der Waals surface area contributed by atoms with Crippen LogP contribution in [0, 0.1) is 11.7 Å². The van der Waals surface area contributed by atoms with E-state index < -0.39 is 0 Å². The summed E-state index contributed by atoms with van der Waals surface area (Å²) in [6.45, 7) is 12.5. The maximum absolute atomic E-state index is 15.4. The quantitative estimate of drug-likeness (QED) is 0.245. The molecule has 2 N–H and O–H groups in total. The van der Waals surface area contributed by atoms with E-state index in [2.05, 4.69) is 62.3 Å². The number of aromatic amines is 1. The number of H-pyrrole nitrogens is 1. The van der Waals surface area contributed by atoms with Crippen molar-refractivity contribution >= 4 is 38.3 Å². The Kier molecular flexibility index (Phi) is 6.20. The predicted molar refractivity (Wildman–Crippen MR) is 147 cm³/mol. The van der Waals surface area contributed by atoms with Crippen LogP contribution in [-0.2, 0) is 0 Å². The molecule has 5 aromatic rings. The molecule has 6 heteroatoms. The first-order valence-electron chi connectivity index (χ1n) is 12.6. The molecule has 5 nitrogen and oxygen atoms in total. The van der Waals surface area contributed by atoms with Gasteiger partial charge in [0.25, 0.3) is 0 Å². The summed E-state index contributed by atoms with van der Waals surface area (Å²) in [6, 6.07) is 11.9. The van der Waals surface area contributed by atoms with E-state index >= 15 is 4.39 Å². The van der Waals surface area contributed by atoms with Crippen LogP contribution in [-0.4, -0.2) is 26.2 Å². The minimum atomic E-state index is -0.245. The van der Waals surface area contributed by atoms with Crippen molar-refractivity contribution in [2.75, 3.05) is 0 Å². The fourth-order valence-electron chi connectivity index (χ4n) is 4.55. The third kappa shape index (κ3) is 4.11. The van der Waals surface area contributed by atoms with Gasteiger partial charge in [0.1, 0.15) is 17.2 Å². The first kappa shape index (κ1) is 23.9. The normalized spacial score (nSPS) is 13.4. The highest BCUT2D eigenvalue weighted by Crippen LogP contribution is 2.36. The molecule has 0 radical (unpaired) electrons. The molecule has 0 aliphatic carbocycles. The van der Waals surface area contributed by atoms with E-state index in [1.807, 2.05) is 37.4 Å². The highest BCUT2D eigenvalue weighted by molar-refractivity contribution is 6.23. The van der Waals surface area contributed by atoms with Crippen LogP contribution in [0.2, 0.25) is 0 Å². The van der Waals surface area contributed by atoms with E-state index in [1.165, 1.54) is 0 Å². The number of halogens is 1. The molecule has 1 atom stereocenters. The lowest BCUT2D eigenvalue weighted by atomic mass is 9.96. The molecule has 2 aromatic heterocycles. The molecule has 3 aromatic carbocycles. The van der Waals surface area contributed by atoms with Crippen LogP contribution >= 0.6 is 0 Å². The highest BCUT2D eigenvalue weighted by atomic mass is 19.1. The molecule has 36 heavy (non-hydrogen) atoms. The lowest BCUT2D eigenvalue weighted by Gasteiger charge is -2.22. The molecule has 1 unspecified atom stereocenters. The van der Waals surface area contributed by atoms with Crippen LogP contribution in [0.15, 0.2) is 54.9 Å². The minimum Gasteiger partial charge on any atom is -0.382 e. The Morgan fingerprint density at radius 1 is 0.889 bits per heavy atom. The average Bonchev–Trinajstić information content (AvgIpc) is 3.33. The van der Waals surface area contributed by atoms with Gasteiger partial charge in [-0.3, -0.25) is 5.10 Å². The van der Waals surface area contributed by atoms with Crippen molar-refractivity contribution in [2.45, 2.75) is 53.5 Å². The van der Waals surface area contributed by atoms with Crippen LogP contribution in [0.3, 0.4) is 0 Å². The van der Waals surface area contributed by atoms with Crippen molar-refractivity contribution in [1.82, 2.24) is 25.5 Å². The first-order chi connectivity index (χ1) is 17.3. The van der Waals surface area contributed by atoms with Gasteiger partial charge in [-0.1, -0.05) is 52.0 Å². The van der Waals surface area contributed by atoms with Crippen molar-refractivity contribution in [3.8, 4) is 11.1 Å². The number of hydrogen-bond donors (Lipinski definition) is 2. The number of aromatic nitrogens is 4. The standard InChI is InChI=1S/C30H32FN5/c1-7-27(34-18(6)16(2)3)22-11-9-20(13-26(22)31)19-8-10-21-23(12-19)24-14-32-33-15-25(24)29-28(21)35-30(36-29)17(4)5/h7-18,32,34H,1-6H3/b27-7-. The van der Waals surface area contributed by atoms with Crippen LogP contribution in [0.25, 0.3) is 49.4 Å². The Morgan fingerprint density at radius 2 is 1.58 bits per heavy atom. The van der Waals surface area contributed by atoms with Crippen LogP contribution < -0.4 is 5.32 Å². The SMILES string of the molecule is C/C=C(\NC(C)C(C)C)c1ccc(-c2ccc3c(c2)c2c[nH]ncc2c2nc(C(C)C)nc32)cc1F. The molecule has 0 saturated carbocycles. The van der Waals surface area contributed by atoms with E-state index in [1.54, 1.807) is 12.3 Å². The topological polar surface area (TPSA) is 66.5 Å². The second kappa shape index (κ2) is 9.34. The summed E-state index contributed by atoms with van der Waals surface area (Å²) in [5.41, 5.74) is 4.91. The smallest absolute Gasteiger partial charge is 0.133 e. The minimum absolute atomic E-state index is 0.228. The van der Waals surface area contributed by atoms with Gasteiger partial charge in [0.15, 0.2) is 0 Å². The highest BCUT2D eigenvalue weighted by Gasteiger charge is 2.17. The van der Waals surface area contributed by atoms with Crippen LogP contribution in [0.1, 0.15) is 58.8 Å². The van der Waals surface area contributed by atoms with Crippen LogP contribution in [0.4, 0.5) is 4.39 Å². The molecule has 0 aliphatic rings. The number of fused-ring (bicyclic) bond motifs is 6. The zero-order valence-corrected chi connectivity index (χ0v) is 21.6. The molecular formula is C30H32FN5. The Bertz CT molecular complexity index is 1610. The summed E-state index contributed by atoms with van der Waals surface area (Å²) >= 11 is 0. The maximum atomic E-state index is 15.4. The molecule has 184 valence electrons. The number of nitrogens with one attached hydrogen (secondary N) is 2. The fraction of sp³-hybridized carbons (Fsp3) is 0.300. The summed E-state index contributed by atoms with van der Waals surface area (Å²) in [6.07, 6.45) is 5.64. The molecule has 2 heterocycles. The summed E-state index contributed by atoms with van der Waals surface area (Å²) in [5, 5.41) is 14.7. The van der Waals surface area contributed by atoms with Gasteiger partial charge in [-0.25, -0.2) is 14.4 Å². The first-order valence-corrected chi connectivity index (χ1v) is 12.6. The van der Waals surface area contributed by atoms with Crippen LogP contribution in [0.5, 0.6) is 0 Å². The molecule has 0 bridgehead atoms. The molecule has 0 saturated heterocycles. The zero-order chi connectivity index (χ0) is 25.6. The molecule has 5 rings (SSSR count). The lowest BCUT2D eigenvalue weighted by molar-refractivity contribution is 0.479. The molecular weight excluding hydrogens is 449 g/mol. The number of rotatable bonds is 6. The molecule has 0 aliphatic heterocycles. The van der Waals surface area contributed by atoms with Gasteiger partial charge in [-0.15, -0.1) is 0 Å². The summed E-state index contributed by atoms with van der Waals surface area (Å²) < 4.78 is 15.4. The molecule has 0 spiro atoms. The summed E-state index contributed by atoms with van der Waals surface area (Å²) in [4.78, 5) is 9.68. The van der Waals surface area contributed by atoms with Gasteiger partial charge in [-0.2, -0.15) is 5.10 Å². The predicted octanol–water partition coefficient (Wildman–Crippen LogP) is 7.58.